The summed E-state index contributed by atoms with van der Waals surface area (Å²) in [6.45, 7) is 1.69. The summed E-state index contributed by atoms with van der Waals surface area (Å²) in [5, 5.41) is 3.82. The minimum absolute atomic E-state index is 0.167. The molecular formula is C24H23F3N2O4S. The van der Waals surface area contributed by atoms with E-state index in [1.807, 2.05) is 21.7 Å². The number of carbonyl (C=O) groups is 1. The Balaban J connectivity index is 1.58. The van der Waals surface area contributed by atoms with Crippen molar-refractivity contribution in [2.45, 2.75) is 32.3 Å². The van der Waals surface area contributed by atoms with Crippen LogP contribution in [0.5, 0.6) is 5.75 Å². The third-order valence-electron chi connectivity index (χ3n) is 5.71. The second kappa shape index (κ2) is 10.0. The maximum Gasteiger partial charge on any atom is 0.416 e. The lowest BCUT2D eigenvalue weighted by Crippen LogP contribution is -2.29. The van der Waals surface area contributed by atoms with Crippen LogP contribution in [0.15, 0.2) is 52.0 Å². The van der Waals surface area contributed by atoms with Crippen molar-refractivity contribution >= 4 is 17.3 Å². The number of rotatable bonds is 6. The molecule has 0 amide bonds. The van der Waals surface area contributed by atoms with E-state index in [1.54, 1.807) is 6.07 Å². The summed E-state index contributed by atoms with van der Waals surface area (Å²) < 4.78 is 51.5. The lowest BCUT2D eigenvalue weighted by molar-refractivity contribution is -0.137. The first kappa shape index (κ1) is 24.0. The molecule has 180 valence electrons. The van der Waals surface area contributed by atoms with E-state index >= 15 is 0 Å². The number of methoxy groups -OCH3 is 1. The molecule has 0 saturated carbocycles. The summed E-state index contributed by atoms with van der Waals surface area (Å²) in [5.74, 6) is -0.434. The van der Waals surface area contributed by atoms with Crippen molar-refractivity contribution in [3.05, 3.63) is 85.5 Å². The highest BCUT2D eigenvalue weighted by Crippen LogP contribution is 2.30. The number of nitrogens with zero attached hydrogens (tertiary/aromatic N) is 2. The second-order valence-electron chi connectivity index (χ2n) is 7.96. The van der Waals surface area contributed by atoms with Crippen molar-refractivity contribution in [3.63, 3.8) is 0 Å². The molecule has 1 aliphatic rings. The minimum atomic E-state index is -4.41. The molecule has 0 aliphatic carbocycles. The monoisotopic (exact) mass is 492 g/mol. The number of thiophene rings is 1. The zero-order chi connectivity index (χ0) is 24.3. The normalized spacial score (nSPS) is 14.4. The van der Waals surface area contributed by atoms with Crippen LogP contribution in [-0.4, -0.2) is 35.6 Å². The van der Waals surface area contributed by atoms with Gasteiger partial charge in [0.25, 0.3) is 5.56 Å². The average molecular weight is 493 g/mol. The van der Waals surface area contributed by atoms with Gasteiger partial charge in [0.15, 0.2) is 0 Å². The summed E-state index contributed by atoms with van der Waals surface area (Å²) in [6.07, 6.45) is -4.07. The number of ether oxygens (including phenoxy) is 2. The van der Waals surface area contributed by atoms with Crippen molar-refractivity contribution in [1.29, 1.82) is 0 Å². The summed E-state index contributed by atoms with van der Waals surface area (Å²) in [7, 11) is 1.27. The first-order chi connectivity index (χ1) is 16.3. The van der Waals surface area contributed by atoms with Crippen LogP contribution < -0.4 is 10.3 Å². The highest BCUT2D eigenvalue weighted by Gasteiger charge is 2.31. The number of hydrogen-bond acceptors (Lipinski definition) is 6. The van der Waals surface area contributed by atoms with Crippen LogP contribution in [0.4, 0.5) is 13.2 Å². The van der Waals surface area contributed by atoms with E-state index in [9.17, 15) is 22.8 Å². The van der Waals surface area contributed by atoms with Crippen molar-refractivity contribution in [2.24, 2.45) is 0 Å². The van der Waals surface area contributed by atoms with Gasteiger partial charge in [0.1, 0.15) is 17.9 Å². The Labute approximate surface area is 198 Å². The summed E-state index contributed by atoms with van der Waals surface area (Å²) in [5.41, 5.74) is 1.16. The van der Waals surface area contributed by atoms with Crippen LogP contribution in [0.3, 0.4) is 0 Å². The topological polar surface area (TPSA) is 60.8 Å². The molecule has 1 aliphatic heterocycles. The molecule has 3 heterocycles. The van der Waals surface area contributed by atoms with Gasteiger partial charge in [0.2, 0.25) is 0 Å². The van der Waals surface area contributed by atoms with Crippen LogP contribution in [0.1, 0.15) is 32.7 Å². The molecule has 0 N–H and O–H groups in total. The Morgan fingerprint density at radius 2 is 1.94 bits per heavy atom. The third kappa shape index (κ3) is 5.34. The molecule has 0 fully saturated rings. The van der Waals surface area contributed by atoms with Gasteiger partial charge in [0.05, 0.1) is 12.7 Å². The lowest BCUT2D eigenvalue weighted by Gasteiger charge is -2.20. The fraction of sp³-hybridized carbons (Fsp3) is 0.333. The van der Waals surface area contributed by atoms with E-state index in [0.717, 1.165) is 17.7 Å². The Morgan fingerprint density at radius 3 is 2.65 bits per heavy atom. The van der Waals surface area contributed by atoms with Gasteiger partial charge in [-0.05, 0) is 34.0 Å². The maximum absolute atomic E-state index is 13.1. The van der Waals surface area contributed by atoms with Gasteiger partial charge < -0.3 is 14.0 Å². The molecule has 2 aromatic heterocycles. The predicted octanol–water partition coefficient (Wildman–Crippen LogP) is 4.35. The zero-order valence-corrected chi connectivity index (χ0v) is 19.2. The van der Waals surface area contributed by atoms with Gasteiger partial charge in [0, 0.05) is 44.4 Å². The SMILES string of the molecule is COC(=O)c1c(OCc2ccsc2)cc(=O)n2c1CCN(Cc1cccc(C(F)(F)F)c1)CC2. The van der Waals surface area contributed by atoms with Gasteiger partial charge in [-0.2, -0.15) is 24.5 Å². The smallest absolute Gasteiger partial charge is 0.416 e. The summed E-state index contributed by atoms with van der Waals surface area (Å²) >= 11 is 1.52. The largest absolute Gasteiger partial charge is 0.488 e. The number of hydrogen-bond donors (Lipinski definition) is 0. The first-order valence-corrected chi connectivity index (χ1v) is 11.6. The Morgan fingerprint density at radius 1 is 1.12 bits per heavy atom. The fourth-order valence-electron chi connectivity index (χ4n) is 4.03. The van der Waals surface area contributed by atoms with Gasteiger partial charge in [-0.3, -0.25) is 9.69 Å². The molecule has 0 saturated heterocycles. The highest BCUT2D eigenvalue weighted by atomic mass is 32.1. The minimum Gasteiger partial charge on any atom is -0.488 e. The number of benzene rings is 1. The van der Waals surface area contributed by atoms with Crippen molar-refractivity contribution in [3.8, 4) is 5.75 Å². The van der Waals surface area contributed by atoms with Gasteiger partial charge in [-0.25, -0.2) is 4.79 Å². The quantitative estimate of drug-likeness (QED) is 0.479. The van der Waals surface area contributed by atoms with Crippen LogP contribution >= 0.6 is 11.3 Å². The molecule has 10 heteroatoms. The lowest BCUT2D eigenvalue weighted by atomic mass is 10.1. The first-order valence-electron chi connectivity index (χ1n) is 10.6. The van der Waals surface area contributed by atoms with E-state index in [-0.39, 0.29) is 23.5 Å². The van der Waals surface area contributed by atoms with Crippen molar-refractivity contribution < 1.29 is 27.4 Å². The predicted molar refractivity (Wildman–Crippen MR) is 121 cm³/mol. The zero-order valence-electron chi connectivity index (χ0n) is 18.4. The number of pyridine rings is 1. The van der Waals surface area contributed by atoms with E-state index in [1.165, 1.54) is 35.1 Å². The molecule has 3 aromatic rings. The number of alkyl halides is 3. The summed E-state index contributed by atoms with van der Waals surface area (Å²) in [6, 6.07) is 8.41. The van der Waals surface area contributed by atoms with Crippen molar-refractivity contribution in [2.75, 3.05) is 20.2 Å². The average Bonchev–Trinajstić information content (AvgIpc) is 3.24. The molecule has 1 aromatic carbocycles. The Bertz CT molecular complexity index is 1220. The van der Waals surface area contributed by atoms with E-state index in [2.05, 4.69) is 0 Å². The third-order valence-corrected chi connectivity index (χ3v) is 6.44. The number of halogens is 3. The van der Waals surface area contributed by atoms with Crippen LogP contribution in [-0.2, 0) is 37.0 Å². The van der Waals surface area contributed by atoms with E-state index in [4.69, 9.17) is 9.47 Å². The molecule has 0 radical (unpaired) electrons. The standard InChI is InChI=1S/C24H23F3N2O4S/c1-32-23(31)22-19-5-7-28(13-16-3-2-4-18(11-16)24(25,26)27)8-9-29(19)21(30)12-20(22)33-14-17-6-10-34-15-17/h2-4,6,10-12,15H,5,7-9,13-14H2,1H3. The fourth-order valence-corrected chi connectivity index (χ4v) is 4.68. The van der Waals surface area contributed by atoms with Crippen LogP contribution in [0, 0.1) is 0 Å². The highest BCUT2D eigenvalue weighted by molar-refractivity contribution is 7.07. The second-order valence-corrected chi connectivity index (χ2v) is 8.74. The van der Waals surface area contributed by atoms with E-state index < -0.39 is 17.7 Å². The van der Waals surface area contributed by atoms with Crippen molar-refractivity contribution in [1.82, 2.24) is 9.47 Å². The number of carbonyl (C=O) groups excluding carboxylic acids is 1. The number of esters is 1. The number of fused-ring (bicyclic) bond motifs is 1. The molecule has 34 heavy (non-hydrogen) atoms. The molecule has 0 spiro atoms. The molecule has 4 rings (SSSR count). The molecule has 6 nitrogen and oxygen atoms in total. The maximum atomic E-state index is 13.1. The van der Waals surface area contributed by atoms with Crippen LogP contribution in [0.25, 0.3) is 0 Å². The van der Waals surface area contributed by atoms with Crippen LogP contribution in [0.2, 0.25) is 0 Å². The van der Waals surface area contributed by atoms with E-state index in [0.29, 0.717) is 43.9 Å². The van der Waals surface area contributed by atoms with Gasteiger partial charge in [-0.15, -0.1) is 0 Å². The van der Waals surface area contributed by atoms with Gasteiger partial charge in [-0.1, -0.05) is 18.2 Å². The van der Waals surface area contributed by atoms with Gasteiger partial charge >= 0.3 is 12.1 Å². The Hall–Kier alpha value is -3.11. The number of aromatic nitrogens is 1. The summed E-state index contributed by atoms with van der Waals surface area (Å²) in [4.78, 5) is 27.5. The Kier molecular flexibility index (Phi) is 7.08. The molecule has 0 bridgehead atoms. The molecule has 0 atom stereocenters. The molecule has 0 unspecified atom stereocenters. The molecular weight excluding hydrogens is 469 g/mol.